The third-order valence-corrected chi connectivity index (χ3v) is 3.10. The highest BCUT2D eigenvalue weighted by atomic mass is 35.5. The quantitative estimate of drug-likeness (QED) is 0.466. The summed E-state index contributed by atoms with van der Waals surface area (Å²) in [6.07, 6.45) is 0. The fourth-order valence-electron chi connectivity index (χ4n) is 1.26. The molecule has 0 bridgehead atoms. The molecule has 1 rings (SSSR count). The van der Waals surface area contributed by atoms with E-state index >= 15 is 0 Å². The topological polar surface area (TPSA) is 12.0 Å². The van der Waals surface area contributed by atoms with Crippen LogP contribution in [-0.4, -0.2) is 17.7 Å². The summed E-state index contributed by atoms with van der Waals surface area (Å²) in [5, 5.41) is 3.92. The van der Waals surface area contributed by atoms with E-state index < -0.39 is 0 Å². The van der Waals surface area contributed by atoms with Gasteiger partial charge in [0.15, 0.2) is 0 Å². The number of benzene rings is 1. The van der Waals surface area contributed by atoms with Gasteiger partial charge in [-0.15, -0.1) is 23.4 Å². The van der Waals surface area contributed by atoms with E-state index in [1.54, 1.807) is 0 Å². The lowest BCUT2D eigenvalue weighted by molar-refractivity contribution is 0.730. The monoisotopic (exact) mass is 243 g/mol. The van der Waals surface area contributed by atoms with Crippen molar-refractivity contribution in [2.75, 3.05) is 12.4 Å². The molecule has 0 atom stereocenters. The minimum Gasteiger partial charge on any atom is -0.311 e. The Kier molecular flexibility index (Phi) is 6.15. The third kappa shape index (κ3) is 5.45. The molecule has 84 valence electrons. The zero-order chi connectivity index (χ0) is 11.1. The molecule has 0 amide bonds. The predicted molar refractivity (Wildman–Crippen MR) is 69.9 cm³/mol. The first kappa shape index (κ1) is 12.9. The van der Waals surface area contributed by atoms with Crippen LogP contribution in [0.15, 0.2) is 29.2 Å². The molecule has 0 saturated carbocycles. The van der Waals surface area contributed by atoms with E-state index in [1.807, 2.05) is 11.8 Å². The first-order valence-corrected chi connectivity index (χ1v) is 6.66. The Labute approximate surface area is 102 Å². The largest absolute Gasteiger partial charge is 0.311 e. The molecule has 0 unspecified atom stereocenters. The van der Waals surface area contributed by atoms with Gasteiger partial charge in [0.25, 0.3) is 0 Å². The zero-order valence-corrected chi connectivity index (χ0v) is 10.9. The van der Waals surface area contributed by atoms with Crippen molar-refractivity contribution in [2.45, 2.75) is 30.5 Å². The number of thioether (sulfide) groups is 1. The van der Waals surface area contributed by atoms with Crippen LogP contribution in [0.5, 0.6) is 0 Å². The minimum atomic E-state index is 0.644. The van der Waals surface area contributed by atoms with Crippen molar-refractivity contribution in [3.8, 4) is 0 Å². The molecule has 0 aromatic heterocycles. The lowest BCUT2D eigenvalue weighted by Gasteiger charge is -2.06. The molecule has 0 aliphatic heterocycles. The van der Waals surface area contributed by atoms with E-state index in [0.29, 0.717) is 11.1 Å². The summed E-state index contributed by atoms with van der Waals surface area (Å²) >= 11 is 7.48. The van der Waals surface area contributed by atoms with Gasteiger partial charge < -0.3 is 5.32 Å². The van der Waals surface area contributed by atoms with Crippen molar-refractivity contribution in [3.05, 3.63) is 29.8 Å². The average Bonchev–Trinajstić information content (AvgIpc) is 2.20. The van der Waals surface area contributed by atoms with Gasteiger partial charge in [-0.2, -0.15) is 0 Å². The lowest BCUT2D eigenvalue weighted by atomic mass is 10.2. The molecule has 0 radical (unpaired) electrons. The van der Waals surface area contributed by atoms with Crippen molar-refractivity contribution in [1.29, 1.82) is 0 Å². The van der Waals surface area contributed by atoms with Crippen molar-refractivity contribution >= 4 is 23.4 Å². The molecular weight excluding hydrogens is 226 g/mol. The van der Waals surface area contributed by atoms with Crippen LogP contribution in [0, 0.1) is 0 Å². The van der Waals surface area contributed by atoms with Crippen molar-refractivity contribution in [2.24, 2.45) is 0 Å². The van der Waals surface area contributed by atoms with Gasteiger partial charge in [-0.1, -0.05) is 26.0 Å². The smallest absolute Gasteiger partial charge is 0.0348 e. The van der Waals surface area contributed by atoms with Crippen molar-refractivity contribution < 1.29 is 0 Å². The molecule has 1 N–H and O–H groups in total. The van der Waals surface area contributed by atoms with E-state index in [1.165, 1.54) is 10.5 Å². The summed E-state index contributed by atoms with van der Waals surface area (Å²) in [5.41, 5.74) is 1.31. The number of rotatable bonds is 6. The summed E-state index contributed by atoms with van der Waals surface area (Å²) in [5.74, 6) is 0.668. The summed E-state index contributed by atoms with van der Waals surface area (Å²) in [4.78, 5) is 1.34. The molecular formula is C12H18ClNS. The van der Waals surface area contributed by atoms with Gasteiger partial charge in [0.1, 0.15) is 0 Å². The van der Waals surface area contributed by atoms with Crippen LogP contribution in [0.4, 0.5) is 0 Å². The minimum absolute atomic E-state index is 0.644. The van der Waals surface area contributed by atoms with Crippen LogP contribution in [-0.2, 0) is 6.54 Å². The average molecular weight is 244 g/mol. The number of hydrogen-bond acceptors (Lipinski definition) is 2. The van der Waals surface area contributed by atoms with Crippen LogP contribution in [0.25, 0.3) is 0 Å². The van der Waals surface area contributed by atoms with E-state index in [9.17, 15) is 0 Å². The number of hydrogen-bond donors (Lipinski definition) is 1. The molecule has 15 heavy (non-hydrogen) atoms. The molecule has 0 heterocycles. The van der Waals surface area contributed by atoms with Gasteiger partial charge in [-0.05, 0) is 17.7 Å². The molecule has 1 aromatic carbocycles. The molecule has 1 nitrogen and oxygen atoms in total. The van der Waals surface area contributed by atoms with Crippen molar-refractivity contribution in [1.82, 2.24) is 5.32 Å². The molecule has 1 aromatic rings. The highest BCUT2D eigenvalue weighted by Crippen LogP contribution is 2.22. The van der Waals surface area contributed by atoms with Crippen LogP contribution in [0.3, 0.4) is 0 Å². The van der Waals surface area contributed by atoms with Gasteiger partial charge in [-0.25, -0.2) is 0 Å². The number of halogens is 1. The number of nitrogens with one attached hydrogen (secondary N) is 1. The van der Waals surface area contributed by atoms with Gasteiger partial charge in [0.05, 0.1) is 0 Å². The Morgan fingerprint density at radius 2 is 1.93 bits per heavy atom. The van der Waals surface area contributed by atoms with E-state index in [4.69, 9.17) is 11.6 Å². The Morgan fingerprint density at radius 3 is 2.47 bits per heavy atom. The highest BCUT2D eigenvalue weighted by molar-refractivity contribution is 7.99. The molecule has 0 fully saturated rings. The maximum Gasteiger partial charge on any atom is 0.0348 e. The fraction of sp³-hybridized carbons (Fsp3) is 0.500. The standard InChI is InChI=1S/C12H18ClNS/c1-10(2)15-12-5-3-11(4-6-12)9-14-8-7-13/h3-6,10,14H,7-9H2,1-2H3. The first-order valence-electron chi connectivity index (χ1n) is 5.24. The maximum absolute atomic E-state index is 5.58. The highest BCUT2D eigenvalue weighted by Gasteiger charge is 1.98. The summed E-state index contributed by atoms with van der Waals surface area (Å²) < 4.78 is 0. The second-order valence-electron chi connectivity index (χ2n) is 3.68. The molecule has 0 saturated heterocycles. The molecule has 3 heteroatoms. The molecule has 0 aliphatic carbocycles. The zero-order valence-electron chi connectivity index (χ0n) is 9.29. The van der Waals surface area contributed by atoms with Crippen LogP contribution in [0.1, 0.15) is 19.4 Å². The summed E-state index contributed by atoms with van der Waals surface area (Å²) in [6.45, 7) is 6.19. The van der Waals surface area contributed by atoms with Crippen LogP contribution < -0.4 is 5.32 Å². The third-order valence-electron chi connectivity index (χ3n) is 1.90. The summed E-state index contributed by atoms with van der Waals surface area (Å²) in [6, 6.07) is 8.71. The lowest BCUT2D eigenvalue weighted by Crippen LogP contribution is -2.15. The van der Waals surface area contributed by atoms with Gasteiger partial charge in [0, 0.05) is 29.1 Å². The Morgan fingerprint density at radius 1 is 1.27 bits per heavy atom. The van der Waals surface area contributed by atoms with Gasteiger partial charge in [0.2, 0.25) is 0 Å². The summed E-state index contributed by atoms with van der Waals surface area (Å²) in [7, 11) is 0. The van der Waals surface area contributed by atoms with Crippen molar-refractivity contribution in [3.63, 3.8) is 0 Å². The normalized spacial score (nSPS) is 10.9. The van der Waals surface area contributed by atoms with Crippen LogP contribution in [0.2, 0.25) is 0 Å². The predicted octanol–water partition coefficient (Wildman–Crippen LogP) is 3.52. The van der Waals surface area contributed by atoms with E-state index in [2.05, 4.69) is 43.4 Å². The van der Waals surface area contributed by atoms with E-state index in [0.717, 1.165) is 13.1 Å². The van der Waals surface area contributed by atoms with Gasteiger partial charge >= 0.3 is 0 Å². The fourth-order valence-corrected chi connectivity index (χ4v) is 2.23. The van der Waals surface area contributed by atoms with Crippen LogP contribution >= 0.6 is 23.4 Å². The molecule has 0 spiro atoms. The second-order valence-corrected chi connectivity index (χ2v) is 5.70. The first-order chi connectivity index (χ1) is 7.22. The second kappa shape index (κ2) is 7.15. The Bertz CT molecular complexity index is 271. The Balaban J connectivity index is 2.42. The maximum atomic E-state index is 5.58. The van der Waals surface area contributed by atoms with Gasteiger partial charge in [-0.3, -0.25) is 0 Å². The SMILES string of the molecule is CC(C)Sc1ccc(CNCCCl)cc1. The molecule has 0 aliphatic rings. The van der Waals surface area contributed by atoms with E-state index in [-0.39, 0.29) is 0 Å². The number of alkyl halides is 1. The Hall–Kier alpha value is -0.180.